The number of allylic oxidation sites excluding steroid dienone is 2. The van der Waals surface area contributed by atoms with Gasteiger partial charge >= 0.3 is 0 Å². The molecule has 0 fully saturated rings. The van der Waals surface area contributed by atoms with Crippen molar-refractivity contribution < 1.29 is 23.9 Å². The normalized spacial score (nSPS) is 11.6. The van der Waals surface area contributed by atoms with Gasteiger partial charge in [0.05, 0.1) is 28.4 Å². The van der Waals surface area contributed by atoms with Gasteiger partial charge in [0.2, 0.25) is 17.8 Å². The standard InChI is InChI=1S/C36H43N13O5S/c1-6-48-25(15-20(3)44-48)32(52)42-35-40-23-17-22(30(37)50)18-27(54-14-10-11-39-5)29(23)46(35)12-8-9-13-47-34-24(19-28(55-34)31(38)51)41-36(47)43-33(53)26-16-21(4)45-49(26)7-2/h8-9,15-19,39H,6-7,10-14H2,1-5H3,(H2,37,50)(H2,38,51)(H,40,42,52)(H,41,43,53)/b9-8+. The number of aromatic nitrogens is 8. The number of hydrogen-bond acceptors (Lipinski definition) is 11. The number of nitrogens with two attached hydrogens (primary N) is 2. The van der Waals surface area contributed by atoms with Crippen LogP contribution in [0.3, 0.4) is 0 Å². The summed E-state index contributed by atoms with van der Waals surface area (Å²) in [6.45, 7) is 9.89. The van der Waals surface area contributed by atoms with Crippen molar-refractivity contribution in [3.63, 3.8) is 0 Å². The second-order valence-electron chi connectivity index (χ2n) is 12.6. The molecule has 0 saturated carbocycles. The number of carbonyl (C=O) groups excluding carboxylic acids is 4. The molecule has 4 amide bonds. The number of benzene rings is 1. The van der Waals surface area contributed by atoms with Crippen molar-refractivity contribution in [3.05, 3.63) is 75.7 Å². The fourth-order valence-electron chi connectivity index (χ4n) is 6.12. The minimum Gasteiger partial charge on any atom is -0.491 e. The zero-order chi connectivity index (χ0) is 39.4. The summed E-state index contributed by atoms with van der Waals surface area (Å²) in [6, 6.07) is 8.12. The van der Waals surface area contributed by atoms with Gasteiger partial charge in [0.1, 0.15) is 33.0 Å². The van der Waals surface area contributed by atoms with Gasteiger partial charge in [-0.3, -0.25) is 43.7 Å². The maximum atomic E-state index is 13.6. The molecule has 1 aromatic carbocycles. The molecule has 6 rings (SSSR count). The van der Waals surface area contributed by atoms with Crippen molar-refractivity contribution >= 4 is 68.2 Å². The zero-order valence-corrected chi connectivity index (χ0v) is 32.0. The number of carbonyl (C=O) groups is 4. The topological polar surface area (TPSA) is 237 Å². The fraction of sp³-hybridized carbons (Fsp3) is 0.333. The first-order chi connectivity index (χ1) is 26.4. The Morgan fingerprint density at radius 1 is 0.800 bits per heavy atom. The third-order valence-corrected chi connectivity index (χ3v) is 9.81. The third kappa shape index (κ3) is 8.11. The first-order valence-electron chi connectivity index (χ1n) is 17.7. The molecule has 0 spiro atoms. The van der Waals surface area contributed by atoms with Crippen LogP contribution in [-0.2, 0) is 26.2 Å². The third-order valence-electron chi connectivity index (χ3n) is 8.65. The molecule has 0 bridgehead atoms. The van der Waals surface area contributed by atoms with Gasteiger partial charge in [-0.1, -0.05) is 12.2 Å². The predicted molar refractivity (Wildman–Crippen MR) is 209 cm³/mol. The number of rotatable bonds is 17. The van der Waals surface area contributed by atoms with Gasteiger partial charge in [0.25, 0.3) is 17.7 Å². The molecular formula is C36H43N13O5S. The largest absolute Gasteiger partial charge is 0.491 e. The van der Waals surface area contributed by atoms with Gasteiger partial charge in [-0.25, -0.2) is 9.97 Å². The number of ether oxygens (including phenoxy) is 1. The lowest BCUT2D eigenvalue weighted by atomic mass is 10.1. The van der Waals surface area contributed by atoms with Gasteiger partial charge < -0.3 is 26.1 Å². The van der Waals surface area contributed by atoms with Crippen LogP contribution in [0, 0.1) is 13.8 Å². The molecular weight excluding hydrogens is 727 g/mol. The smallest absolute Gasteiger partial charge is 0.276 e. The van der Waals surface area contributed by atoms with Gasteiger partial charge in [0, 0.05) is 31.7 Å². The van der Waals surface area contributed by atoms with E-state index in [4.69, 9.17) is 21.2 Å². The van der Waals surface area contributed by atoms with Gasteiger partial charge in [0.15, 0.2) is 0 Å². The maximum Gasteiger partial charge on any atom is 0.276 e. The average Bonchev–Trinajstić information content (AvgIpc) is 3.97. The summed E-state index contributed by atoms with van der Waals surface area (Å²) in [5.41, 5.74) is 15.0. The van der Waals surface area contributed by atoms with E-state index in [2.05, 4.69) is 31.1 Å². The highest BCUT2D eigenvalue weighted by molar-refractivity contribution is 7.20. The molecule has 0 radical (unpaired) electrons. The minimum atomic E-state index is -0.652. The van der Waals surface area contributed by atoms with Crippen LogP contribution in [0.2, 0.25) is 0 Å². The Kier molecular flexibility index (Phi) is 11.4. The molecule has 6 aromatic rings. The minimum absolute atomic E-state index is 0.201. The maximum absolute atomic E-state index is 13.6. The second-order valence-corrected chi connectivity index (χ2v) is 13.7. The van der Waals surface area contributed by atoms with Crippen LogP contribution >= 0.6 is 11.3 Å². The lowest BCUT2D eigenvalue weighted by molar-refractivity contribution is 0.0993. The van der Waals surface area contributed by atoms with Crippen LogP contribution in [0.4, 0.5) is 11.9 Å². The van der Waals surface area contributed by atoms with Crippen molar-refractivity contribution in [1.82, 2.24) is 44.0 Å². The summed E-state index contributed by atoms with van der Waals surface area (Å²) in [7, 11) is 1.85. The molecule has 0 aliphatic heterocycles. The summed E-state index contributed by atoms with van der Waals surface area (Å²) in [5, 5.41) is 17.7. The summed E-state index contributed by atoms with van der Waals surface area (Å²) >= 11 is 1.17. The van der Waals surface area contributed by atoms with Crippen LogP contribution in [0.5, 0.6) is 5.75 Å². The number of anilines is 2. The van der Waals surface area contributed by atoms with Gasteiger partial charge in [-0.05, 0) is 78.0 Å². The number of thiophene rings is 1. The van der Waals surface area contributed by atoms with E-state index in [-0.39, 0.29) is 36.5 Å². The van der Waals surface area contributed by atoms with Crippen molar-refractivity contribution in [1.29, 1.82) is 0 Å². The molecule has 18 nitrogen and oxygen atoms in total. The summed E-state index contributed by atoms with van der Waals surface area (Å²) < 4.78 is 13.0. The second kappa shape index (κ2) is 16.4. The van der Waals surface area contributed by atoms with E-state index < -0.39 is 17.7 Å². The number of primary amides is 2. The average molecular weight is 770 g/mol. The number of fused-ring (bicyclic) bond motifs is 2. The molecule has 288 valence electrons. The highest BCUT2D eigenvalue weighted by atomic mass is 32.1. The SMILES string of the molecule is CCn1nc(C)cc1C(=O)Nc1nc2cc(C(N)=O)sc2n1C/C=C/Cn1c(NC(=O)c2cc(C)nn2CC)nc2cc(C(N)=O)cc(OCCCNC)c21. The van der Waals surface area contributed by atoms with Gasteiger partial charge in [-0.15, -0.1) is 11.3 Å². The highest BCUT2D eigenvalue weighted by Crippen LogP contribution is 2.32. The Hall–Kier alpha value is -6.34. The molecule has 0 saturated heterocycles. The molecule has 0 aliphatic rings. The van der Waals surface area contributed by atoms with E-state index in [0.29, 0.717) is 87.4 Å². The quantitative estimate of drug-likeness (QED) is 0.0669. The Balaban J connectivity index is 1.36. The van der Waals surface area contributed by atoms with E-state index in [1.165, 1.54) is 11.3 Å². The summed E-state index contributed by atoms with van der Waals surface area (Å²) in [5.74, 6) is -1.19. The van der Waals surface area contributed by atoms with Crippen LogP contribution in [0.15, 0.2) is 42.5 Å². The number of imidazole rings is 2. The Bertz CT molecular complexity index is 2450. The van der Waals surface area contributed by atoms with E-state index >= 15 is 0 Å². The van der Waals surface area contributed by atoms with Crippen molar-refractivity contribution in [2.75, 3.05) is 30.8 Å². The number of nitrogens with one attached hydrogen (secondary N) is 3. The van der Waals surface area contributed by atoms with E-state index in [9.17, 15) is 19.2 Å². The van der Waals surface area contributed by atoms with Crippen LogP contribution in [0.25, 0.3) is 21.4 Å². The van der Waals surface area contributed by atoms with Gasteiger partial charge in [-0.2, -0.15) is 10.2 Å². The number of nitrogens with zero attached hydrogens (tertiary/aromatic N) is 8. The van der Waals surface area contributed by atoms with Crippen molar-refractivity contribution in [2.24, 2.45) is 11.5 Å². The molecule has 55 heavy (non-hydrogen) atoms. The van der Waals surface area contributed by atoms with Crippen molar-refractivity contribution in [2.45, 2.75) is 60.3 Å². The van der Waals surface area contributed by atoms with Crippen LogP contribution in [-0.4, -0.2) is 82.5 Å². The molecule has 19 heteroatoms. The van der Waals surface area contributed by atoms with E-state index in [1.54, 1.807) is 48.8 Å². The molecule has 5 aromatic heterocycles. The summed E-state index contributed by atoms with van der Waals surface area (Å²) in [4.78, 5) is 61.7. The first kappa shape index (κ1) is 38.4. The number of hydrogen-bond donors (Lipinski definition) is 5. The molecule has 0 unspecified atom stereocenters. The number of aryl methyl sites for hydroxylation is 4. The molecule has 0 aliphatic carbocycles. The highest BCUT2D eigenvalue weighted by Gasteiger charge is 2.23. The predicted octanol–water partition coefficient (Wildman–Crippen LogP) is 3.44. The first-order valence-corrected chi connectivity index (χ1v) is 18.5. The lowest BCUT2D eigenvalue weighted by Crippen LogP contribution is -2.20. The van der Waals surface area contributed by atoms with Crippen molar-refractivity contribution in [3.8, 4) is 5.75 Å². The molecule has 5 heterocycles. The molecule has 7 N–H and O–H groups in total. The van der Waals surface area contributed by atoms with E-state index in [0.717, 1.165) is 0 Å². The fourth-order valence-corrected chi connectivity index (χ4v) is 7.08. The van der Waals surface area contributed by atoms with Crippen LogP contribution < -0.4 is 32.2 Å². The summed E-state index contributed by atoms with van der Waals surface area (Å²) in [6.07, 6.45) is 4.41. The van der Waals surface area contributed by atoms with Crippen LogP contribution in [0.1, 0.15) is 72.7 Å². The Morgan fingerprint density at radius 3 is 1.95 bits per heavy atom. The lowest BCUT2D eigenvalue weighted by Gasteiger charge is -2.13. The van der Waals surface area contributed by atoms with E-state index in [1.807, 2.05) is 46.9 Å². The monoisotopic (exact) mass is 769 g/mol. The Labute approximate surface area is 319 Å². The zero-order valence-electron chi connectivity index (χ0n) is 31.2. The Morgan fingerprint density at radius 2 is 1.38 bits per heavy atom. The molecule has 0 atom stereocenters. The number of amides is 4.